The second-order valence-electron chi connectivity index (χ2n) is 3.07. The van der Waals surface area contributed by atoms with Gasteiger partial charge in [-0.2, -0.15) is 0 Å². The number of nitrogen functional groups attached to an aromatic ring is 1. The van der Waals surface area contributed by atoms with E-state index >= 15 is 0 Å². The summed E-state index contributed by atoms with van der Waals surface area (Å²) < 4.78 is 0. The first-order valence-corrected chi connectivity index (χ1v) is 5.84. The van der Waals surface area contributed by atoms with Gasteiger partial charge in [0.15, 0.2) is 5.13 Å². The van der Waals surface area contributed by atoms with Crippen molar-refractivity contribution < 1.29 is 0 Å². The fraction of sp³-hybridized carbons (Fsp3) is 0.100. The van der Waals surface area contributed by atoms with Crippen molar-refractivity contribution in [2.75, 3.05) is 5.73 Å². The van der Waals surface area contributed by atoms with E-state index in [1.54, 1.807) is 6.07 Å². The lowest BCUT2D eigenvalue weighted by Crippen LogP contribution is -1.82. The van der Waals surface area contributed by atoms with Crippen LogP contribution in [-0.4, -0.2) is 4.98 Å². The molecule has 2 nitrogen and oxygen atoms in total. The lowest BCUT2D eigenvalue weighted by molar-refractivity contribution is 1.27. The number of halogens is 2. The average molecular weight is 259 g/mol. The predicted octanol–water partition coefficient (Wildman–Crippen LogP) is 4.01. The number of aryl methyl sites for hydroxylation is 1. The summed E-state index contributed by atoms with van der Waals surface area (Å²) in [6.45, 7) is 1.90. The van der Waals surface area contributed by atoms with Crippen LogP contribution in [0.3, 0.4) is 0 Å². The van der Waals surface area contributed by atoms with E-state index in [0.29, 0.717) is 15.2 Å². The van der Waals surface area contributed by atoms with Gasteiger partial charge in [0.2, 0.25) is 0 Å². The normalized spacial score (nSPS) is 10.6. The summed E-state index contributed by atoms with van der Waals surface area (Å²) in [5, 5.41) is 1.63. The first kappa shape index (κ1) is 10.7. The zero-order valence-corrected chi connectivity index (χ0v) is 10.2. The van der Waals surface area contributed by atoms with Gasteiger partial charge in [0.25, 0.3) is 0 Å². The molecule has 0 aliphatic carbocycles. The number of thiazole rings is 1. The molecule has 5 heteroatoms. The van der Waals surface area contributed by atoms with Crippen molar-refractivity contribution in [2.24, 2.45) is 0 Å². The number of hydrogen-bond acceptors (Lipinski definition) is 3. The molecule has 1 aromatic carbocycles. The minimum Gasteiger partial charge on any atom is -0.375 e. The van der Waals surface area contributed by atoms with Gasteiger partial charge in [-0.3, -0.25) is 0 Å². The second kappa shape index (κ2) is 4.00. The Balaban J connectivity index is 2.64. The number of aromatic nitrogens is 1. The van der Waals surface area contributed by atoms with Crippen molar-refractivity contribution in [1.82, 2.24) is 4.98 Å². The third-order valence-corrected chi connectivity index (χ3v) is 3.85. The van der Waals surface area contributed by atoms with E-state index in [2.05, 4.69) is 4.98 Å². The summed E-state index contributed by atoms with van der Waals surface area (Å²) >= 11 is 13.5. The first-order chi connectivity index (χ1) is 7.09. The van der Waals surface area contributed by atoms with Crippen LogP contribution in [0.4, 0.5) is 5.13 Å². The first-order valence-electron chi connectivity index (χ1n) is 4.27. The standard InChI is InChI=1S/C10H8Cl2N2S/c1-5-9(15-10(13)14-5)6-3-2-4-7(11)8(6)12/h2-4H,1H3,(H2,13,14). The van der Waals surface area contributed by atoms with Crippen LogP contribution in [0, 0.1) is 6.92 Å². The number of benzene rings is 1. The van der Waals surface area contributed by atoms with Crippen LogP contribution in [-0.2, 0) is 0 Å². The highest BCUT2D eigenvalue weighted by Gasteiger charge is 2.12. The molecular formula is C10H8Cl2N2S. The molecule has 0 aliphatic heterocycles. The van der Waals surface area contributed by atoms with Crippen molar-refractivity contribution in [2.45, 2.75) is 6.92 Å². The third-order valence-electron chi connectivity index (χ3n) is 2.01. The largest absolute Gasteiger partial charge is 0.375 e. The Kier molecular flexibility index (Phi) is 2.87. The average Bonchev–Trinajstić information content (AvgIpc) is 2.50. The maximum absolute atomic E-state index is 6.12. The molecule has 0 fully saturated rings. The number of nitrogens with two attached hydrogens (primary N) is 1. The minimum absolute atomic E-state index is 0.540. The Bertz CT molecular complexity index is 508. The van der Waals surface area contributed by atoms with Crippen molar-refractivity contribution in [3.05, 3.63) is 33.9 Å². The molecule has 1 aromatic heterocycles. The van der Waals surface area contributed by atoms with Crippen LogP contribution in [0.1, 0.15) is 5.69 Å². The van der Waals surface area contributed by atoms with E-state index in [0.717, 1.165) is 16.1 Å². The zero-order valence-electron chi connectivity index (χ0n) is 7.92. The van der Waals surface area contributed by atoms with Crippen molar-refractivity contribution in [3.63, 3.8) is 0 Å². The Morgan fingerprint density at radius 2 is 2.07 bits per heavy atom. The van der Waals surface area contributed by atoms with E-state index < -0.39 is 0 Å². The van der Waals surface area contributed by atoms with Crippen molar-refractivity contribution >= 4 is 39.7 Å². The highest BCUT2D eigenvalue weighted by atomic mass is 35.5. The summed E-state index contributed by atoms with van der Waals surface area (Å²) in [6.07, 6.45) is 0. The van der Waals surface area contributed by atoms with E-state index in [4.69, 9.17) is 28.9 Å². The summed E-state index contributed by atoms with van der Waals surface area (Å²) in [5.41, 5.74) is 7.40. The van der Waals surface area contributed by atoms with Gasteiger partial charge < -0.3 is 5.73 Å². The molecule has 15 heavy (non-hydrogen) atoms. The molecular weight excluding hydrogens is 251 g/mol. The topological polar surface area (TPSA) is 38.9 Å². The van der Waals surface area contributed by atoms with E-state index in [1.807, 2.05) is 19.1 Å². The van der Waals surface area contributed by atoms with Crippen molar-refractivity contribution in [1.29, 1.82) is 0 Å². The lowest BCUT2D eigenvalue weighted by atomic mass is 10.1. The molecule has 0 aliphatic rings. The molecule has 0 radical (unpaired) electrons. The molecule has 0 amide bonds. The number of anilines is 1. The minimum atomic E-state index is 0.540. The SMILES string of the molecule is Cc1nc(N)sc1-c1cccc(Cl)c1Cl. The van der Waals surface area contributed by atoms with Crippen LogP contribution in [0.15, 0.2) is 18.2 Å². The van der Waals surface area contributed by atoms with Crippen LogP contribution < -0.4 is 5.73 Å². The molecule has 0 bridgehead atoms. The lowest BCUT2D eigenvalue weighted by Gasteiger charge is -2.03. The summed E-state index contributed by atoms with van der Waals surface area (Å²) in [4.78, 5) is 5.13. The zero-order chi connectivity index (χ0) is 11.0. The highest BCUT2D eigenvalue weighted by Crippen LogP contribution is 2.38. The van der Waals surface area contributed by atoms with Gasteiger partial charge in [-0.1, -0.05) is 46.7 Å². The van der Waals surface area contributed by atoms with Gasteiger partial charge in [-0.15, -0.1) is 0 Å². The van der Waals surface area contributed by atoms with Crippen LogP contribution in [0.2, 0.25) is 10.0 Å². The fourth-order valence-corrected chi connectivity index (χ4v) is 2.66. The fourth-order valence-electron chi connectivity index (χ4n) is 1.35. The van der Waals surface area contributed by atoms with E-state index in [-0.39, 0.29) is 0 Å². The van der Waals surface area contributed by atoms with Crippen LogP contribution >= 0.6 is 34.5 Å². The van der Waals surface area contributed by atoms with Crippen LogP contribution in [0.5, 0.6) is 0 Å². The van der Waals surface area contributed by atoms with E-state index in [1.165, 1.54) is 11.3 Å². The second-order valence-corrected chi connectivity index (χ2v) is 4.88. The Morgan fingerprint density at radius 3 is 2.67 bits per heavy atom. The summed E-state index contributed by atoms with van der Waals surface area (Å²) in [7, 11) is 0. The third kappa shape index (κ3) is 1.95. The number of nitrogens with zero attached hydrogens (tertiary/aromatic N) is 1. The molecule has 2 N–H and O–H groups in total. The molecule has 0 unspecified atom stereocenters. The Morgan fingerprint density at radius 1 is 1.33 bits per heavy atom. The molecule has 0 spiro atoms. The van der Waals surface area contributed by atoms with Gasteiger partial charge >= 0.3 is 0 Å². The monoisotopic (exact) mass is 258 g/mol. The molecule has 2 aromatic rings. The van der Waals surface area contributed by atoms with Gasteiger partial charge in [0.1, 0.15) is 0 Å². The molecule has 0 saturated heterocycles. The highest BCUT2D eigenvalue weighted by molar-refractivity contribution is 7.19. The van der Waals surface area contributed by atoms with Crippen LogP contribution in [0.25, 0.3) is 10.4 Å². The Labute approximate surface area is 102 Å². The summed E-state index contributed by atoms with van der Waals surface area (Å²) in [5.74, 6) is 0. The predicted molar refractivity (Wildman–Crippen MR) is 66.7 cm³/mol. The number of hydrogen-bond donors (Lipinski definition) is 1. The quantitative estimate of drug-likeness (QED) is 0.840. The summed E-state index contributed by atoms with van der Waals surface area (Å²) in [6, 6.07) is 5.53. The Hall–Kier alpha value is -0.770. The van der Waals surface area contributed by atoms with E-state index in [9.17, 15) is 0 Å². The van der Waals surface area contributed by atoms with Gasteiger partial charge in [-0.25, -0.2) is 4.98 Å². The van der Waals surface area contributed by atoms with Crippen molar-refractivity contribution in [3.8, 4) is 10.4 Å². The maximum atomic E-state index is 6.12. The maximum Gasteiger partial charge on any atom is 0.180 e. The smallest absolute Gasteiger partial charge is 0.180 e. The van der Waals surface area contributed by atoms with Gasteiger partial charge in [-0.05, 0) is 13.0 Å². The van der Waals surface area contributed by atoms with Gasteiger partial charge in [0.05, 0.1) is 20.6 Å². The number of rotatable bonds is 1. The molecule has 0 atom stereocenters. The molecule has 2 rings (SSSR count). The molecule has 78 valence electrons. The van der Waals surface area contributed by atoms with Gasteiger partial charge in [0, 0.05) is 5.56 Å². The molecule has 0 saturated carbocycles. The molecule has 1 heterocycles.